The smallest absolute Gasteiger partial charge is 0.222 e. The van der Waals surface area contributed by atoms with Crippen LogP contribution in [0.4, 0.5) is 0 Å². The number of piperidine rings is 1. The molecule has 0 aromatic carbocycles. The number of amides is 2. The number of hydrogen-bond acceptors (Lipinski definition) is 3. The van der Waals surface area contributed by atoms with Gasteiger partial charge in [0.05, 0.1) is 0 Å². The Kier molecular flexibility index (Phi) is 6.84. The summed E-state index contributed by atoms with van der Waals surface area (Å²) in [7, 11) is 1.79. The van der Waals surface area contributed by atoms with E-state index in [2.05, 4.69) is 12.2 Å². The van der Waals surface area contributed by atoms with Crippen LogP contribution >= 0.6 is 0 Å². The highest BCUT2D eigenvalue weighted by Gasteiger charge is 2.23. The van der Waals surface area contributed by atoms with Gasteiger partial charge in [-0.15, -0.1) is 0 Å². The molecule has 0 radical (unpaired) electrons. The molecule has 19 heavy (non-hydrogen) atoms. The number of likely N-dealkylation sites (tertiary alicyclic amines) is 1. The number of nitrogens with zero attached hydrogens (tertiary/aromatic N) is 1. The normalized spacial score (nSPS) is 21.3. The number of likely N-dealkylation sites (N-methyl/N-ethyl adjacent to an activating group) is 1. The molecule has 1 saturated heterocycles. The molecule has 1 aliphatic rings. The second-order valence-corrected chi connectivity index (χ2v) is 5.47. The van der Waals surface area contributed by atoms with Crippen molar-refractivity contribution >= 4 is 11.8 Å². The minimum absolute atomic E-state index is 0.100. The van der Waals surface area contributed by atoms with Crippen molar-refractivity contribution in [2.75, 3.05) is 20.1 Å². The van der Waals surface area contributed by atoms with Crippen LogP contribution in [0, 0.1) is 5.92 Å². The summed E-state index contributed by atoms with van der Waals surface area (Å²) in [6, 6.07) is 0.116. The first-order chi connectivity index (χ1) is 9.06. The van der Waals surface area contributed by atoms with Gasteiger partial charge in [0.25, 0.3) is 0 Å². The lowest BCUT2D eigenvalue weighted by molar-refractivity contribution is -0.134. The lowest BCUT2D eigenvalue weighted by Crippen LogP contribution is -2.48. The molecular weight excluding hydrogens is 242 g/mol. The molecule has 5 nitrogen and oxygen atoms in total. The average Bonchev–Trinajstić information content (AvgIpc) is 2.39. The van der Waals surface area contributed by atoms with E-state index in [4.69, 9.17) is 5.73 Å². The summed E-state index contributed by atoms with van der Waals surface area (Å²) in [5, 5.41) is 3.03. The molecule has 1 aliphatic heterocycles. The summed E-state index contributed by atoms with van der Waals surface area (Å²) in [5.41, 5.74) is 5.55. The molecule has 1 rings (SSSR count). The SMILES string of the molecule is CCC(CCN)CCC(=O)NC1CCC(=O)N(C)C1. The molecule has 5 heteroatoms. The van der Waals surface area contributed by atoms with Gasteiger partial charge in [0.2, 0.25) is 11.8 Å². The summed E-state index contributed by atoms with van der Waals surface area (Å²) in [5.74, 6) is 0.814. The maximum atomic E-state index is 11.9. The zero-order valence-corrected chi connectivity index (χ0v) is 12.2. The molecule has 3 N–H and O–H groups in total. The van der Waals surface area contributed by atoms with Crippen LogP contribution in [0.1, 0.15) is 45.4 Å². The van der Waals surface area contributed by atoms with Gasteiger partial charge in [-0.2, -0.15) is 0 Å². The first-order valence-electron chi connectivity index (χ1n) is 7.30. The van der Waals surface area contributed by atoms with Crippen molar-refractivity contribution in [2.45, 2.75) is 51.5 Å². The van der Waals surface area contributed by atoms with Gasteiger partial charge in [-0.25, -0.2) is 0 Å². The Balaban J connectivity index is 2.25. The molecule has 0 aliphatic carbocycles. The number of carbonyl (C=O) groups excluding carboxylic acids is 2. The van der Waals surface area contributed by atoms with Gasteiger partial charge >= 0.3 is 0 Å². The fraction of sp³-hybridized carbons (Fsp3) is 0.857. The Hall–Kier alpha value is -1.10. The van der Waals surface area contributed by atoms with E-state index < -0.39 is 0 Å². The van der Waals surface area contributed by atoms with Gasteiger partial charge in [-0.05, 0) is 31.7 Å². The number of carbonyl (C=O) groups is 2. The fourth-order valence-corrected chi connectivity index (χ4v) is 2.55. The van der Waals surface area contributed by atoms with E-state index in [1.54, 1.807) is 11.9 Å². The van der Waals surface area contributed by atoms with E-state index in [-0.39, 0.29) is 17.9 Å². The lowest BCUT2D eigenvalue weighted by atomic mass is 9.96. The Bertz CT molecular complexity index is 307. The van der Waals surface area contributed by atoms with Crippen molar-refractivity contribution < 1.29 is 9.59 Å². The van der Waals surface area contributed by atoms with Crippen molar-refractivity contribution in [3.8, 4) is 0 Å². The standard InChI is InChI=1S/C14H27N3O2/c1-3-11(8-9-15)4-6-13(18)16-12-5-7-14(19)17(2)10-12/h11-12H,3-10,15H2,1-2H3,(H,16,18). The van der Waals surface area contributed by atoms with Crippen LogP contribution < -0.4 is 11.1 Å². The molecule has 1 heterocycles. The third kappa shape index (κ3) is 5.59. The molecule has 110 valence electrons. The van der Waals surface area contributed by atoms with Gasteiger partial charge < -0.3 is 16.0 Å². The molecule has 0 spiro atoms. The lowest BCUT2D eigenvalue weighted by Gasteiger charge is -2.30. The largest absolute Gasteiger partial charge is 0.352 e. The van der Waals surface area contributed by atoms with Crippen LogP contribution in [-0.2, 0) is 9.59 Å². The molecule has 1 fully saturated rings. The number of nitrogens with two attached hydrogens (primary N) is 1. The van der Waals surface area contributed by atoms with E-state index in [0.29, 0.717) is 31.8 Å². The summed E-state index contributed by atoms with van der Waals surface area (Å²) < 4.78 is 0. The van der Waals surface area contributed by atoms with Crippen LogP contribution in [0.2, 0.25) is 0 Å². The second kappa shape index (κ2) is 8.15. The third-order valence-electron chi connectivity index (χ3n) is 3.92. The predicted molar refractivity (Wildman–Crippen MR) is 75.5 cm³/mol. The summed E-state index contributed by atoms with van der Waals surface area (Å²) in [6.07, 6.45) is 4.82. The Labute approximate surface area is 115 Å². The molecule has 2 amide bonds. The molecule has 0 aromatic rings. The van der Waals surface area contributed by atoms with Gasteiger partial charge in [-0.1, -0.05) is 13.3 Å². The first-order valence-corrected chi connectivity index (χ1v) is 7.30. The maximum Gasteiger partial charge on any atom is 0.222 e. The van der Waals surface area contributed by atoms with Crippen LogP contribution in [0.15, 0.2) is 0 Å². The molecule has 0 saturated carbocycles. The predicted octanol–water partition coefficient (Wildman–Crippen LogP) is 0.879. The highest BCUT2D eigenvalue weighted by Crippen LogP contribution is 2.15. The highest BCUT2D eigenvalue weighted by atomic mass is 16.2. The quantitative estimate of drug-likeness (QED) is 0.720. The minimum atomic E-state index is 0.100. The van der Waals surface area contributed by atoms with Crippen LogP contribution in [-0.4, -0.2) is 42.9 Å². The zero-order chi connectivity index (χ0) is 14.3. The highest BCUT2D eigenvalue weighted by molar-refractivity contribution is 5.78. The van der Waals surface area contributed by atoms with Crippen LogP contribution in [0.25, 0.3) is 0 Å². The number of rotatable bonds is 7. The fourth-order valence-electron chi connectivity index (χ4n) is 2.55. The molecular formula is C14H27N3O2. The summed E-state index contributed by atoms with van der Waals surface area (Å²) >= 11 is 0. The van der Waals surface area contributed by atoms with E-state index in [1.165, 1.54) is 0 Å². The number of hydrogen-bond donors (Lipinski definition) is 2. The van der Waals surface area contributed by atoms with Crippen molar-refractivity contribution in [3.05, 3.63) is 0 Å². The topological polar surface area (TPSA) is 75.4 Å². The van der Waals surface area contributed by atoms with Crippen molar-refractivity contribution in [2.24, 2.45) is 11.7 Å². The van der Waals surface area contributed by atoms with Gasteiger partial charge in [0, 0.05) is 32.5 Å². The maximum absolute atomic E-state index is 11.9. The second-order valence-electron chi connectivity index (χ2n) is 5.47. The number of nitrogens with one attached hydrogen (secondary N) is 1. The summed E-state index contributed by atoms with van der Waals surface area (Å²) in [6.45, 7) is 3.46. The van der Waals surface area contributed by atoms with E-state index in [1.807, 2.05) is 0 Å². The van der Waals surface area contributed by atoms with Crippen LogP contribution in [0.3, 0.4) is 0 Å². The minimum Gasteiger partial charge on any atom is -0.352 e. The Morgan fingerprint density at radius 3 is 2.84 bits per heavy atom. The van der Waals surface area contributed by atoms with Crippen molar-refractivity contribution in [1.29, 1.82) is 0 Å². The van der Waals surface area contributed by atoms with Crippen LogP contribution in [0.5, 0.6) is 0 Å². The van der Waals surface area contributed by atoms with Gasteiger partial charge in [-0.3, -0.25) is 9.59 Å². The molecule has 2 atom stereocenters. The molecule has 2 unspecified atom stereocenters. The molecule has 0 bridgehead atoms. The van der Waals surface area contributed by atoms with Crippen molar-refractivity contribution in [1.82, 2.24) is 10.2 Å². The summed E-state index contributed by atoms with van der Waals surface area (Å²) in [4.78, 5) is 24.9. The third-order valence-corrected chi connectivity index (χ3v) is 3.92. The zero-order valence-electron chi connectivity index (χ0n) is 12.2. The average molecular weight is 269 g/mol. The first kappa shape index (κ1) is 16.0. The van der Waals surface area contributed by atoms with Crippen molar-refractivity contribution in [3.63, 3.8) is 0 Å². The molecule has 0 aromatic heterocycles. The monoisotopic (exact) mass is 269 g/mol. The van der Waals surface area contributed by atoms with E-state index in [9.17, 15) is 9.59 Å². The van der Waals surface area contributed by atoms with Gasteiger partial charge in [0.1, 0.15) is 0 Å². The van der Waals surface area contributed by atoms with Gasteiger partial charge in [0.15, 0.2) is 0 Å². The van der Waals surface area contributed by atoms with E-state index >= 15 is 0 Å². The Morgan fingerprint density at radius 1 is 1.53 bits per heavy atom. The Morgan fingerprint density at radius 2 is 2.26 bits per heavy atom. The van der Waals surface area contributed by atoms with E-state index in [0.717, 1.165) is 25.7 Å².